The van der Waals surface area contributed by atoms with Crippen LogP contribution in [0.2, 0.25) is 0 Å². The molecule has 0 spiro atoms. The van der Waals surface area contributed by atoms with Gasteiger partial charge in [0, 0.05) is 16.8 Å². The summed E-state index contributed by atoms with van der Waals surface area (Å²) in [5.74, 6) is 0.161. The summed E-state index contributed by atoms with van der Waals surface area (Å²) >= 11 is 0. The molecule has 0 saturated carbocycles. The molecule has 2 aromatic heterocycles. The van der Waals surface area contributed by atoms with Crippen LogP contribution in [0.3, 0.4) is 0 Å². The van der Waals surface area contributed by atoms with E-state index >= 15 is 0 Å². The molecule has 0 radical (unpaired) electrons. The van der Waals surface area contributed by atoms with E-state index in [0.29, 0.717) is 11.4 Å². The van der Waals surface area contributed by atoms with Crippen molar-refractivity contribution >= 4 is 11.8 Å². The minimum absolute atomic E-state index is 0.236. The van der Waals surface area contributed by atoms with Gasteiger partial charge in [0.05, 0.1) is 17.1 Å². The van der Waals surface area contributed by atoms with Crippen LogP contribution < -0.4 is 5.32 Å². The van der Waals surface area contributed by atoms with Crippen molar-refractivity contribution in [3.63, 3.8) is 0 Å². The van der Waals surface area contributed by atoms with E-state index < -0.39 is 0 Å². The number of anilines is 1. The highest BCUT2D eigenvalue weighted by atomic mass is 16.5. The van der Waals surface area contributed by atoms with Gasteiger partial charge < -0.3 is 4.52 Å². The Morgan fingerprint density at radius 3 is 2.67 bits per heavy atom. The van der Waals surface area contributed by atoms with E-state index in [1.165, 1.54) is 0 Å². The van der Waals surface area contributed by atoms with Crippen LogP contribution in [0.15, 0.2) is 34.9 Å². The Hall–Kier alpha value is -2.89. The molecule has 0 saturated heterocycles. The summed E-state index contributed by atoms with van der Waals surface area (Å²) in [6.07, 6.45) is 0.763. The first-order valence-electron chi connectivity index (χ1n) is 7.89. The molecule has 6 heteroatoms. The largest absolute Gasteiger partial charge is 0.338 e. The van der Waals surface area contributed by atoms with Crippen molar-refractivity contribution < 1.29 is 9.32 Å². The highest BCUT2D eigenvalue weighted by Crippen LogP contribution is 2.20. The Kier molecular flexibility index (Phi) is 4.20. The Morgan fingerprint density at radius 2 is 2.04 bits per heavy atom. The lowest BCUT2D eigenvalue weighted by Gasteiger charge is -2.07. The van der Waals surface area contributed by atoms with E-state index in [4.69, 9.17) is 4.52 Å². The van der Waals surface area contributed by atoms with Crippen molar-refractivity contribution in [1.29, 1.82) is 0 Å². The number of carbonyl (C=O) groups excluding carboxylic acids is 1. The second-order valence-corrected chi connectivity index (χ2v) is 5.78. The molecule has 0 fully saturated rings. The standard InChI is InChI=1S/C18H20N4O2/c1-5-16-13(4)18(24-21-16)19-17(23)14-7-6-8-15(10-14)22-12(3)9-11(2)20-22/h6-10H,5H2,1-4H3,(H,19,23). The minimum atomic E-state index is -0.236. The van der Waals surface area contributed by atoms with Crippen LogP contribution in [0.5, 0.6) is 0 Å². The van der Waals surface area contributed by atoms with Crippen LogP contribution in [0.25, 0.3) is 5.69 Å². The summed E-state index contributed by atoms with van der Waals surface area (Å²) in [6.45, 7) is 7.81. The maximum atomic E-state index is 12.5. The van der Waals surface area contributed by atoms with E-state index in [9.17, 15) is 4.79 Å². The molecule has 1 N–H and O–H groups in total. The number of nitrogens with one attached hydrogen (secondary N) is 1. The van der Waals surface area contributed by atoms with E-state index in [2.05, 4.69) is 15.6 Å². The summed E-state index contributed by atoms with van der Waals surface area (Å²) in [4.78, 5) is 12.5. The molecule has 1 amide bonds. The molecule has 0 aliphatic rings. The van der Waals surface area contributed by atoms with Crippen LogP contribution in [0.1, 0.15) is 39.9 Å². The smallest absolute Gasteiger partial charge is 0.258 e. The molecule has 3 aromatic rings. The average molecular weight is 324 g/mol. The second kappa shape index (κ2) is 6.31. The molecule has 0 aliphatic heterocycles. The lowest BCUT2D eigenvalue weighted by molar-refractivity contribution is 0.102. The summed E-state index contributed by atoms with van der Waals surface area (Å²) in [6, 6.07) is 9.32. The second-order valence-electron chi connectivity index (χ2n) is 5.78. The zero-order valence-electron chi connectivity index (χ0n) is 14.3. The lowest BCUT2D eigenvalue weighted by atomic mass is 10.1. The summed E-state index contributed by atoms with van der Waals surface area (Å²) in [5, 5.41) is 11.2. The predicted molar refractivity (Wildman–Crippen MR) is 91.6 cm³/mol. The maximum absolute atomic E-state index is 12.5. The molecule has 0 bridgehead atoms. The molecule has 124 valence electrons. The van der Waals surface area contributed by atoms with Gasteiger partial charge in [0.15, 0.2) is 0 Å². The maximum Gasteiger partial charge on any atom is 0.258 e. The van der Waals surface area contributed by atoms with Gasteiger partial charge in [0.2, 0.25) is 5.88 Å². The molecule has 1 aromatic carbocycles. The fraction of sp³-hybridized carbons (Fsp3) is 0.278. The van der Waals surface area contributed by atoms with Gasteiger partial charge in [-0.05, 0) is 51.5 Å². The van der Waals surface area contributed by atoms with Crippen LogP contribution in [0.4, 0.5) is 5.88 Å². The first-order chi connectivity index (χ1) is 11.5. The predicted octanol–water partition coefficient (Wildman–Crippen LogP) is 3.60. The summed E-state index contributed by atoms with van der Waals surface area (Å²) in [7, 11) is 0. The number of rotatable bonds is 4. The van der Waals surface area contributed by atoms with Gasteiger partial charge in [-0.25, -0.2) is 4.68 Å². The fourth-order valence-electron chi connectivity index (χ4n) is 2.66. The molecule has 0 aliphatic carbocycles. The number of nitrogens with zero attached hydrogens (tertiary/aromatic N) is 3. The van der Waals surface area contributed by atoms with Crippen LogP contribution in [0, 0.1) is 20.8 Å². The van der Waals surface area contributed by atoms with E-state index in [0.717, 1.165) is 34.8 Å². The van der Waals surface area contributed by atoms with Gasteiger partial charge in [-0.3, -0.25) is 10.1 Å². The van der Waals surface area contributed by atoms with Gasteiger partial charge in [-0.15, -0.1) is 0 Å². The Labute approximate surface area is 140 Å². The average Bonchev–Trinajstić information content (AvgIpc) is 3.09. The number of benzene rings is 1. The van der Waals surface area contributed by atoms with Crippen molar-refractivity contribution in [1.82, 2.24) is 14.9 Å². The third kappa shape index (κ3) is 2.95. The third-order valence-electron chi connectivity index (χ3n) is 3.95. The fourth-order valence-corrected chi connectivity index (χ4v) is 2.66. The summed E-state index contributed by atoms with van der Waals surface area (Å²) < 4.78 is 7.04. The van der Waals surface area contributed by atoms with Crippen molar-refractivity contribution in [2.24, 2.45) is 0 Å². The van der Waals surface area contributed by atoms with Crippen molar-refractivity contribution in [3.8, 4) is 5.69 Å². The molecule has 0 atom stereocenters. The van der Waals surface area contributed by atoms with Gasteiger partial charge in [-0.2, -0.15) is 5.10 Å². The number of hydrogen-bond acceptors (Lipinski definition) is 4. The molecule has 3 rings (SSSR count). The van der Waals surface area contributed by atoms with E-state index in [1.54, 1.807) is 12.1 Å². The Bertz CT molecular complexity index is 892. The topological polar surface area (TPSA) is 73.0 Å². The quantitative estimate of drug-likeness (QED) is 0.796. The number of amides is 1. The number of aryl methyl sites for hydroxylation is 3. The van der Waals surface area contributed by atoms with Gasteiger partial charge in [-0.1, -0.05) is 18.1 Å². The highest BCUT2D eigenvalue weighted by Gasteiger charge is 2.15. The SMILES string of the molecule is CCc1noc(NC(=O)c2cccc(-n3nc(C)cc3C)c2)c1C. The molecular weight excluding hydrogens is 304 g/mol. The Balaban J connectivity index is 1.87. The molecule has 24 heavy (non-hydrogen) atoms. The van der Waals surface area contributed by atoms with Crippen molar-refractivity contribution in [3.05, 3.63) is 58.5 Å². The third-order valence-corrected chi connectivity index (χ3v) is 3.95. The van der Waals surface area contributed by atoms with Gasteiger partial charge in [0.1, 0.15) is 0 Å². The van der Waals surface area contributed by atoms with Crippen LogP contribution >= 0.6 is 0 Å². The zero-order valence-corrected chi connectivity index (χ0v) is 14.3. The normalized spacial score (nSPS) is 10.8. The Morgan fingerprint density at radius 1 is 1.25 bits per heavy atom. The van der Waals surface area contributed by atoms with E-state index in [-0.39, 0.29) is 5.91 Å². The van der Waals surface area contributed by atoms with E-state index in [1.807, 2.05) is 50.6 Å². The van der Waals surface area contributed by atoms with Crippen molar-refractivity contribution in [2.75, 3.05) is 5.32 Å². The number of carbonyl (C=O) groups is 1. The highest BCUT2D eigenvalue weighted by molar-refractivity contribution is 6.04. The molecular formula is C18H20N4O2. The van der Waals surface area contributed by atoms with Gasteiger partial charge >= 0.3 is 0 Å². The first-order valence-corrected chi connectivity index (χ1v) is 7.89. The van der Waals surface area contributed by atoms with Crippen molar-refractivity contribution in [2.45, 2.75) is 34.1 Å². The van der Waals surface area contributed by atoms with Gasteiger partial charge in [0.25, 0.3) is 5.91 Å². The summed E-state index contributed by atoms with van der Waals surface area (Å²) in [5.41, 5.74) is 5.04. The molecule has 6 nitrogen and oxygen atoms in total. The minimum Gasteiger partial charge on any atom is -0.338 e. The number of hydrogen-bond donors (Lipinski definition) is 1. The number of aromatic nitrogens is 3. The molecule has 2 heterocycles. The first kappa shape index (κ1) is 16.0. The zero-order chi connectivity index (χ0) is 17.3. The lowest BCUT2D eigenvalue weighted by Crippen LogP contribution is -2.13. The van der Waals surface area contributed by atoms with Crippen LogP contribution in [-0.2, 0) is 6.42 Å². The monoisotopic (exact) mass is 324 g/mol. The molecule has 0 unspecified atom stereocenters. The van der Waals surface area contributed by atoms with Crippen LogP contribution in [-0.4, -0.2) is 20.8 Å².